The summed E-state index contributed by atoms with van der Waals surface area (Å²) in [6.07, 6.45) is 1.50. The Balaban J connectivity index is 3.04. The van der Waals surface area contributed by atoms with Crippen LogP contribution >= 0.6 is 15.9 Å². The average molecular weight is 273 g/mol. The molecule has 5 nitrogen and oxygen atoms in total. The van der Waals surface area contributed by atoms with E-state index in [0.29, 0.717) is 10.3 Å². The SMILES string of the molecule is CC(=O)N(CC(=O)O)c1ncccc1Br. The van der Waals surface area contributed by atoms with Crippen molar-refractivity contribution in [3.63, 3.8) is 0 Å². The molecule has 0 atom stereocenters. The number of aliphatic carboxylic acids is 1. The summed E-state index contributed by atoms with van der Waals surface area (Å²) in [6, 6.07) is 3.38. The van der Waals surface area contributed by atoms with Gasteiger partial charge in [-0.2, -0.15) is 0 Å². The highest BCUT2D eigenvalue weighted by molar-refractivity contribution is 9.10. The van der Waals surface area contributed by atoms with Gasteiger partial charge in [0.25, 0.3) is 0 Å². The summed E-state index contributed by atoms with van der Waals surface area (Å²) in [6.45, 7) is 0.898. The lowest BCUT2D eigenvalue weighted by Crippen LogP contribution is -2.34. The molecular formula is C9H9BrN2O3. The molecule has 1 aromatic heterocycles. The Morgan fingerprint density at radius 2 is 2.27 bits per heavy atom. The molecule has 0 saturated carbocycles. The fraction of sp³-hybridized carbons (Fsp3) is 0.222. The molecule has 15 heavy (non-hydrogen) atoms. The standard InChI is InChI=1S/C9H9BrN2O3/c1-6(13)12(5-8(14)15)9-7(10)3-2-4-11-9/h2-4H,5H2,1H3,(H,14,15). The Labute approximate surface area is 94.9 Å². The van der Waals surface area contributed by atoms with Crippen molar-refractivity contribution in [1.82, 2.24) is 4.98 Å². The number of aromatic nitrogens is 1. The zero-order chi connectivity index (χ0) is 11.4. The quantitative estimate of drug-likeness (QED) is 0.900. The number of hydrogen-bond acceptors (Lipinski definition) is 3. The molecule has 1 rings (SSSR count). The maximum atomic E-state index is 11.2. The van der Waals surface area contributed by atoms with E-state index in [1.54, 1.807) is 12.1 Å². The van der Waals surface area contributed by atoms with Crippen LogP contribution in [0.15, 0.2) is 22.8 Å². The minimum atomic E-state index is -1.08. The molecule has 0 saturated heterocycles. The fourth-order valence-corrected chi connectivity index (χ4v) is 1.52. The lowest BCUT2D eigenvalue weighted by Gasteiger charge is -2.18. The Hall–Kier alpha value is -1.43. The van der Waals surface area contributed by atoms with Crippen LogP contribution in [0.4, 0.5) is 5.82 Å². The molecular weight excluding hydrogens is 264 g/mol. The summed E-state index contributed by atoms with van der Waals surface area (Å²) in [5, 5.41) is 8.65. The van der Waals surface area contributed by atoms with Crippen LogP contribution in [0.3, 0.4) is 0 Å². The van der Waals surface area contributed by atoms with Gasteiger partial charge in [0, 0.05) is 13.1 Å². The average Bonchev–Trinajstić information content (AvgIpc) is 2.15. The molecule has 80 valence electrons. The zero-order valence-electron chi connectivity index (χ0n) is 7.98. The number of carbonyl (C=O) groups excluding carboxylic acids is 1. The molecule has 0 unspecified atom stereocenters. The van der Waals surface area contributed by atoms with Crippen molar-refractivity contribution in [2.24, 2.45) is 0 Å². The minimum absolute atomic E-state index is 0.312. The number of halogens is 1. The molecule has 0 aliphatic carbocycles. The van der Waals surface area contributed by atoms with Crippen molar-refractivity contribution < 1.29 is 14.7 Å². The van der Waals surface area contributed by atoms with Crippen LogP contribution in [0.1, 0.15) is 6.92 Å². The highest BCUT2D eigenvalue weighted by atomic mass is 79.9. The summed E-state index contributed by atoms with van der Waals surface area (Å²) in [5.74, 6) is -1.13. The number of carboxylic acids is 1. The van der Waals surface area contributed by atoms with Crippen LogP contribution < -0.4 is 4.90 Å². The van der Waals surface area contributed by atoms with Crippen molar-refractivity contribution in [2.75, 3.05) is 11.4 Å². The second-order valence-electron chi connectivity index (χ2n) is 2.81. The van der Waals surface area contributed by atoms with E-state index in [-0.39, 0.29) is 5.91 Å². The van der Waals surface area contributed by atoms with Crippen molar-refractivity contribution in [3.8, 4) is 0 Å². The smallest absolute Gasteiger partial charge is 0.323 e. The molecule has 0 spiro atoms. The molecule has 0 bridgehead atoms. The van der Waals surface area contributed by atoms with Gasteiger partial charge in [0.15, 0.2) is 0 Å². The van der Waals surface area contributed by atoms with E-state index in [4.69, 9.17) is 5.11 Å². The third-order valence-corrected chi connectivity index (χ3v) is 2.29. The van der Waals surface area contributed by atoms with Gasteiger partial charge in [0.05, 0.1) is 4.47 Å². The molecule has 0 radical (unpaired) electrons. The van der Waals surface area contributed by atoms with Gasteiger partial charge < -0.3 is 5.11 Å². The first-order chi connectivity index (χ1) is 7.02. The first-order valence-corrected chi connectivity index (χ1v) is 4.92. The second kappa shape index (κ2) is 4.88. The molecule has 0 aliphatic rings. The summed E-state index contributed by atoms with van der Waals surface area (Å²) >= 11 is 3.21. The van der Waals surface area contributed by atoms with Crippen LogP contribution in [-0.2, 0) is 9.59 Å². The molecule has 0 aromatic carbocycles. The van der Waals surface area contributed by atoms with Gasteiger partial charge in [-0.25, -0.2) is 4.98 Å². The fourth-order valence-electron chi connectivity index (χ4n) is 1.05. The number of carbonyl (C=O) groups is 2. The lowest BCUT2D eigenvalue weighted by atomic mass is 10.4. The normalized spacial score (nSPS) is 9.73. The topological polar surface area (TPSA) is 70.5 Å². The molecule has 1 N–H and O–H groups in total. The van der Waals surface area contributed by atoms with Crippen molar-refractivity contribution in [1.29, 1.82) is 0 Å². The highest BCUT2D eigenvalue weighted by Gasteiger charge is 2.18. The Morgan fingerprint density at radius 1 is 1.60 bits per heavy atom. The third-order valence-electron chi connectivity index (χ3n) is 1.67. The van der Waals surface area contributed by atoms with E-state index < -0.39 is 12.5 Å². The molecule has 0 fully saturated rings. The summed E-state index contributed by atoms with van der Waals surface area (Å²) in [5.41, 5.74) is 0. The van der Waals surface area contributed by atoms with Crippen molar-refractivity contribution >= 4 is 33.6 Å². The van der Waals surface area contributed by atoms with Gasteiger partial charge in [0.2, 0.25) is 5.91 Å². The third kappa shape index (κ3) is 3.02. The molecule has 1 heterocycles. The Morgan fingerprint density at radius 3 is 2.73 bits per heavy atom. The predicted molar refractivity (Wildman–Crippen MR) is 57.6 cm³/mol. The number of amides is 1. The van der Waals surface area contributed by atoms with E-state index >= 15 is 0 Å². The molecule has 1 amide bonds. The highest BCUT2D eigenvalue weighted by Crippen LogP contribution is 2.22. The Kier molecular flexibility index (Phi) is 3.79. The maximum Gasteiger partial charge on any atom is 0.323 e. The number of hydrogen-bond donors (Lipinski definition) is 1. The van der Waals surface area contributed by atoms with Gasteiger partial charge in [0.1, 0.15) is 12.4 Å². The molecule has 0 aliphatic heterocycles. The van der Waals surface area contributed by atoms with Crippen molar-refractivity contribution in [3.05, 3.63) is 22.8 Å². The van der Waals surface area contributed by atoms with Crippen LogP contribution in [0.5, 0.6) is 0 Å². The van der Waals surface area contributed by atoms with Gasteiger partial charge in [-0.1, -0.05) is 0 Å². The zero-order valence-corrected chi connectivity index (χ0v) is 9.56. The number of anilines is 1. The summed E-state index contributed by atoms with van der Waals surface area (Å²) in [4.78, 5) is 26.8. The van der Waals surface area contributed by atoms with E-state index in [2.05, 4.69) is 20.9 Å². The van der Waals surface area contributed by atoms with Crippen molar-refractivity contribution in [2.45, 2.75) is 6.92 Å². The van der Waals surface area contributed by atoms with E-state index in [1.165, 1.54) is 13.1 Å². The number of rotatable bonds is 3. The van der Waals surface area contributed by atoms with E-state index in [1.807, 2.05) is 0 Å². The van der Waals surface area contributed by atoms with Gasteiger partial charge in [-0.05, 0) is 28.1 Å². The van der Waals surface area contributed by atoms with Gasteiger partial charge in [-0.3, -0.25) is 14.5 Å². The summed E-state index contributed by atoms with van der Waals surface area (Å²) in [7, 11) is 0. The van der Waals surface area contributed by atoms with E-state index in [0.717, 1.165) is 4.90 Å². The van der Waals surface area contributed by atoms with Gasteiger partial charge in [-0.15, -0.1) is 0 Å². The minimum Gasteiger partial charge on any atom is -0.480 e. The lowest BCUT2D eigenvalue weighted by molar-refractivity contribution is -0.136. The van der Waals surface area contributed by atoms with Crippen LogP contribution in [0, 0.1) is 0 Å². The molecule has 1 aromatic rings. The molecule has 6 heteroatoms. The van der Waals surface area contributed by atoms with Gasteiger partial charge >= 0.3 is 5.97 Å². The maximum absolute atomic E-state index is 11.2. The Bertz CT molecular complexity index is 395. The first kappa shape index (κ1) is 11.6. The predicted octanol–water partition coefficient (Wildman–Crippen LogP) is 1.28. The monoisotopic (exact) mass is 272 g/mol. The largest absolute Gasteiger partial charge is 0.480 e. The summed E-state index contributed by atoms with van der Waals surface area (Å²) < 4.78 is 0.585. The van der Waals surface area contributed by atoms with E-state index in [9.17, 15) is 9.59 Å². The number of pyridine rings is 1. The first-order valence-electron chi connectivity index (χ1n) is 4.12. The van der Waals surface area contributed by atoms with Crippen LogP contribution in [0.25, 0.3) is 0 Å². The second-order valence-corrected chi connectivity index (χ2v) is 3.66. The van der Waals surface area contributed by atoms with Crippen LogP contribution in [-0.4, -0.2) is 28.5 Å². The number of carboxylic acid groups (broad SMARTS) is 1. The number of nitrogens with zero attached hydrogens (tertiary/aromatic N) is 2. The van der Waals surface area contributed by atoms with Crippen LogP contribution in [0.2, 0.25) is 0 Å².